The Morgan fingerprint density at radius 3 is 2.50 bits per heavy atom. The van der Waals surface area contributed by atoms with E-state index in [0.29, 0.717) is 12.2 Å². The number of nitrogens with zero attached hydrogens (tertiary/aromatic N) is 2. The summed E-state index contributed by atoms with van der Waals surface area (Å²) in [4.78, 5) is 37.4. The number of hydrogen-bond donors (Lipinski definition) is 2. The summed E-state index contributed by atoms with van der Waals surface area (Å²) < 4.78 is 3.24. The fourth-order valence-electron chi connectivity index (χ4n) is 3.04. The maximum Gasteiger partial charge on any atom is 0.295 e. The molecule has 8 heteroatoms. The second-order valence-electron chi connectivity index (χ2n) is 7.29. The average Bonchev–Trinajstić information content (AvgIpc) is 2.95. The summed E-state index contributed by atoms with van der Waals surface area (Å²) in [5, 5.41) is 5.18. The van der Waals surface area contributed by atoms with Crippen molar-refractivity contribution in [2.45, 2.75) is 51.7 Å². The number of carbonyl (C=O) groups excluding carboxylic acids is 2. The zero-order valence-electron chi connectivity index (χ0n) is 18.2. The van der Waals surface area contributed by atoms with E-state index in [4.69, 9.17) is 0 Å². The van der Waals surface area contributed by atoms with Crippen LogP contribution in [0.5, 0.6) is 0 Å². The predicted molar refractivity (Wildman–Crippen MR) is 123 cm³/mol. The van der Waals surface area contributed by atoms with Gasteiger partial charge in [-0.25, -0.2) is 4.68 Å². The second-order valence-corrected chi connectivity index (χ2v) is 8.62. The minimum absolute atomic E-state index is 0.0709. The summed E-state index contributed by atoms with van der Waals surface area (Å²) in [5.74, 6) is -0.148. The number of hydrogen-bond acceptors (Lipinski definition) is 4. The van der Waals surface area contributed by atoms with Gasteiger partial charge in [-0.05, 0) is 32.4 Å². The number of thioether (sulfide) groups is 1. The molecule has 1 heterocycles. The summed E-state index contributed by atoms with van der Waals surface area (Å²) in [6.07, 6.45) is 4.42. The van der Waals surface area contributed by atoms with Crippen LogP contribution in [0.1, 0.15) is 45.2 Å². The third-order valence-electron chi connectivity index (χ3n) is 4.99. The second kappa shape index (κ2) is 11.6. The van der Waals surface area contributed by atoms with Crippen molar-refractivity contribution in [3.8, 4) is 5.69 Å². The highest BCUT2D eigenvalue weighted by molar-refractivity contribution is 8.01. The quantitative estimate of drug-likeness (QED) is 0.534. The maximum atomic E-state index is 12.9. The largest absolute Gasteiger partial charge is 0.355 e. The Labute approximate surface area is 182 Å². The van der Waals surface area contributed by atoms with Crippen molar-refractivity contribution in [1.29, 1.82) is 0 Å². The lowest BCUT2D eigenvalue weighted by molar-refractivity contribution is -0.118. The summed E-state index contributed by atoms with van der Waals surface area (Å²) >= 11 is 1.26. The summed E-state index contributed by atoms with van der Waals surface area (Å²) in [5.41, 5.74) is 1.38. The molecule has 164 valence electrons. The number of rotatable bonds is 11. The number of anilines is 1. The lowest BCUT2D eigenvalue weighted by Crippen LogP contribution is -2.30. The third-order valence-corrected chi connectivity index (χ3v) is 6.13. The highest BCUT2D eigenvalue weighted by atomic mass is 32.2. The van der Waals surface area contributed by atoms with Crippen LogP contribution in [0, 0.1) is 6.92 Å². The topological polar surface area (TPSA) is 85.1 Å². The van der Waals surface area contributed by atoms with Crippen molar-refractivity contribution in [1.82, 2.24) is 14.7 Å². The molecule has 0 aliphatic heterocycles. The monoisotopic (exact) mass is 432 g/mol. The Morgan fingerprint density at radius 2 is 1.83 bits per heavy atom. The Morgan fingerprint density at radius 1 is 1.13 bits per heavy atom. The molecule has 2 N–H and O–H groups in total. The van der Waals surface area contributed by atoms with Crippen molar-refractivity contribution >= 4 is 29.3 Å². The van der Waals surface area contributed by atoms with Crippen molar-refractivity contribution < 1.29 is 9.59 Å². The van der Waals surface area contributed by atoms with Crippen LogP contribution in [-0.4, -0.2) is 38.7 Å². The van der Waals surface area contributed by atoms with Gasteiger partial charge in [0.1, 0.15) is 5.69 Å². The Balaban J connectivity index is 1.93. The molecule has 1 unspecified atom stereocenters. The first kappa shape index (κ1) is 23.8. The van der Waals surface area contributed by atoms with E-state index in [1.165, 1.54) is 22.9 Å². The first-order valence-electron chi connectivity index (χ1n) is 10.4. The van der Waals surface area contributed by atoms with Crippen LogP contribution >= 0.6 is 11.8 Å². The fourth-order valence-corrected chi connectivity index (χ4v) is 3.76. The molecule has 30 heavy (non-hydrogen) atoms. The number of carbonyl (C=O) groups is 2. The molecule has 0 saturated heterocycles. The van der Waals surface area contributed by atoms with Gasteiger partial charge in [-0.15, -0.1) is 11.8 Å². The maximum absolute atomic E-state index is 12.9. The molecule has 2 aromatic rings. The third kappa shape index (κ3) is 6.26. The van der Waals surface area contributed by atoms with Crippen LogP contribution in [0.3, 0.4) is 0 Å². The number of amides is 2. The molecule has 1 aromatic carbocycles. The fraction of sp³-hybridized carbons (Fsp3) is 0.500. The minimum Gasteiger partial charge on any atom is -0.355 e. The molecular weight excluding hydrogens is 400 g/mol. The number of unbranched alkanes of at least 4 members (excludes halogenated alkanes) is 3. The van der Waals surface area contributed by atoms with E-state index in [9.17, 15) is 14.4 Å². The molecule has 7 nitrogen and oxygen atoms in total. The van der Waals surface area contributed by atoms with E-state index >= 15 is 0 Å². The molecule has 0 bridgehead atoms. The molecule has 0 radical (unpaired) electrons. The molecule has 0 spiro atoms. The van der Waals surface area contributed by atoms with Gasteiger partial charge in [0.25, 0.3) is 5.56 Å². The zero-order chi connectivity index (χ0) is 22.1. The van der Waals surface area contributed by atoms with Gasteiger partial charge in [0.05, 0.1) is 22.4 Å². The van der Waals surface area contributed by atoms with Gasteiger partial charge in [0.15, 0.2) is 0 Å². The number of nitrogens with one attached hydrogen (secondary N) is 2. The van der Waals surface area contributed by atoms with Gasteiger partial charge in [-0.2, -0.15) is 0 Å². The van der Waals surface area contributed by atoms with E-state index in [1.54, 1.807) is 25.6 Å². The first-order valence-corrected chi connectivity index (χ1v) is 11.4. The van der Waals surface area contributed by atoms with E-state index in [1.807, 2.05) is 30.3 Å². The van der Waals surface area contributed by atoms with Gasteiger partial charge in [-0.3, -0.25) is 19.1 Å². The van der Waals surface area contributed by atoms with Crippen molar-refractivity contribution in [2.24, 2.45) is 7.05 Å². The minimum atomic E-state index is -0.458. The van der Waals surface area contributed by atoms with Crippen LogP contribution in [0.4, 0.5) is 5.69 Å². The molecule has 0 fully saturated rings. The molecule has 0 saturated carbocycles. The van der Waals surface area contributed by atoms with Gasteiger partial charge in [0.2, 0.25) is 11.8 Å². The van der Waals surface area contributed by atoms with Crippen LogP contribution in [0.15, 0.2) is 35.1 Å². The smallest absolute Gasteiger partial charge is 0.295 e. The Bertz CT molecular complexity index is 905. The van der Waals surface area contributed by atoms with E-state index in [0.717, 1.165) is 24.9 Å². The lowest BCUT2D eigenvalue weighted by Gasteiger charge is -2.11. The van der Waals surface area contributed by atoms with Gasteiger partial charge in [-0.1, -0.05) is 44.4 Å². The molecule has 2 amide bonds. The van der Waals surface area contributed by atoms with Gasteiger partial charge >= 0.3 is 0 Å². The predicted octanol–water partition coefficient (Wildman–Crippen LogP) is 3.24. The van der Waals surface area contributed by atoms with Crippen LogP contribution in [-0.2, 0) is 16.6 Å². The molecular formula is C22H32N4O3S. The van der Waals surface area contributed by atoms with E-state index in [2.05, 4.69) is 17.6 Å². The highest BCUT2D eigenvalue weighted by Gasteiger charge is 2.21. The zero-order valence-corrected chi connectivity index (χ0v) is 19.1. The summed E-state index contributed by atoms with van der Waals surface area (Å²) in [6, 6.07) is 9.27. The molecule has 2 rings (SSSR count). The van der Waals surface area contributed by atoms with Crippen molar-refractivity contribution in [3.63, 3.8) is 0 Å². The van der Waals surface area contributed by atoms with E-state index in [-0.39, 0.29) is 28.8 Å². The summed E-state index contributed by atoms with van der Waals surface area (Å²) in [6.45, 7) is 6.35. The van der Waals surface area contributed by atoms with Crippen LogP contribution < -0.4 is 16.2 Å². The SMILES string of the molecule is CCCCCCNC(=O)CSC(C)C(=O)Nc1c(C)n(C)n(-c2ccccc2)c1=O. The van der Waals surface area contributed by atoms with Crippen LogP contribution in [0.25, 0.3) is 5.69 Å². The number of para-hydroxylation sites is 1. The number of benzene rings is 1. The first-order chi connectivity index (χ1) is 14.4. The van der Waals surface area contributed by atoms with Gasteiger partial charge < -0.3 is 10.6 Å². The highest BCUT2D eigenvalue weighted by Crippen LogP contribution is 2.17. The molecule has 1 atom stereocenters. The summed E-state index contributed by atoms with van der Waals surface area (Å²) in [7, 11) is 1.78. The van der Waals surface area contributed by atoms with Crippen molar-refractivity contribution in [2.75, 3.05) is 17.6 Å². The molecule has 0 aliphatic rings. The Hall–Kier alpha value is -2.48. The lowest BCUT2D eigenvalue weighted by atomic mass is 10.2. The molecule has 0 aliphatic carbocycles. The van der Waals surface area contributed by atoms with Crippen LogP contribution in [0.2, 0.25) is 0 Å². The average molecular weight is 433 g/mol. The van der Waals surface area contributed by atoms with Gasteiger partial charge in [0, 0.05) is 13.6 Å². The number of aromatic nitrogens is 2. The normalized spacial score (nSPS) is 11.9. The molecule has 1 aromatic heterocycles. The standard InChI is InChI=1S/C22H32N4O3S/c1-5-6-7-11-14-23-19(27)15-30-17(3)21(28)24-20-16(2)25(4)26(22(20)29)18-12-9-8-10-13-18/h8-10,12-13,17H,5-7,11,14-15H2,1-4H3,(H,23,27)(H,24,28). The van der Waals surface area contributed by atoms with Crippen molar-refractivity contribution in [3.05, 3.63) is 46.4 Å². The van der Waals surface area contributed by atoms with E-state index < -0.39 is 5.25 Å². The Kier molecular flexibility index (Phi) is 9.23.